The van der Waals surface area contributed by atoms with Crippen LogP contribution in [-0.4, -0.2) is 14.6 Å². The van der Waals surface area contributed by atoms with Crippen molar-refractivity contribution in [1.82, 2.24) is 0 Å². The molecule has 0 unspecified atom stereocenters. The van der Waals surface area contributed by atoms with Crippen LogP contribution in [0.15, 0.2) is 22.6 Å². The minimum atomic E-state index is -1.32. The van der Waals surface area contributed by atoms with Crippen LogP contribution < -0.4 is 11.1 Å². The number of hydrogen-bond acceptors (Lipinski definition) is 2. The molecule has 1 rings (SSSR count). The van der Waals surface area contributed by atoms with Crippen molar-refractivity contribution < 1.29 is 4.42 Å². The molecule has 1 heterocycles. The molecule has 2 N–H and O–H groups in total. The van der Waals surface area contributed by atoms with Gasteiger partial charge in [-0.15, -0.1) is 0 Å². The van der Waals surface area contributed by atoms with E-state index in [2.05, 4.69) is 57.8 Å². The zero-order chi connectivity index (χ0) is 13.1. The highest BCUT2D eigenvalue weighted by Gasteiger charge is 2.20. The minimum absolute atomic E-state index is 0.171. The van der Waals surface area contributed by atoms with E-state index < -0.39 is 8.07 Å². The number of rotatable bonds is 5. The molecule has 0 amide bonds. The molecule has 0 saturated heterocycles. The van der Waals surface area contributed by atoms with Gasteiger partial charge in [0.2, 0.25) is 0 Å². The lowest BCUT2D eigenvalue weighted by atomic mass is 9.89. The fourth-order valence-electron chi connectivity index (χ4n) is 1.42. The van der Waals surface area contributed by atoms with Crippen LogP contribution in [-0.2, 0) is 0 Å². The average Bonchev–Trinajstić information content (AvgIpc) is 2.66. The third kappa shape index (κ3) is 4.52. The molecule has 3 heteroatoms. The quantitative estimate of drug-likeness (QED) is 0.816. The lowest BCUT2D eigenvalue weighted by molar-refractivity contribution is 0.385. The molecule has 0 saturated carbocycles. The van der Waals surface area contributed by atoms with Crippen LogP contribution in [0.3, 0.4) is 0 Å². The van der Waals surface area contributed by atoms with Crippen molar-refractivity contribution in [2.45, 2.75) is 39.9 Å². The van der Waals surface area contributed by atoms with Crippen LogP contribution in [0.1, 0.15) is 26.0 Å². The van der Waals surface area contributed by atoms with Gasteiger partial charge in [-0.05, 0) is 36.6 Å². The topological polar surface area (TPSA) is 39.2 Å². The Balaban J connectivity index is 2.64. The van der Waals surface area contributed by atoms with E-state index in [0.29, 0.717) is 6.54 Å². The Morgan fingerprint density at radius 2 is 1.94 bits per heavy atom. The third-order valence-corrected chi connectivity index (χ3v) is 4.62. The molecule has 96 valence electrons. The molecule has 1 aromatic heterocycles. The molecular formula is C14H25NOSi. The Labute approximate surface area is 106 Å². The molecular weight excluding hydrogens is 226 g/mol. The van der Waals surface area contributed by atoms with E-state index in [9.17, 15) is 0 Å². The zero-order valence-electron chi connectivity index (χ0n) is 11.7. The van der Waals surface area contributed by atoms with E-state index in [4.69, 9.17) is 10.2 Å². The molecule has 2 nitrogen and oxygen atoms in total. The maximum Gasteiger partial charge on any atom is 0.126 e. The summed E-state index contributed by atoms with van der Waals surface area (Å²) >= 11 is 0. The van der Waals surface area contributed by atoms with Crippen molar-refractivity contribution in [2.24, 2.45) is 11.1 Å². The fourth-order valence-corrected chi connectivity index (χ4v) is 2.43. The minimum Gasteiger partial charge on any atom is -0.467 e. The Bertz CT molecular complexity index is 385. The first-order chi connectivity index (χ1) is 7.74. The molecule has 0 bridgehead atoms. The summed E-state index contributed by atoms with van der Waals surface area (Å²) in [6.07, 6.45) is 5.19. The van der Waals surface area contributed by atoms with Gasteiger partial charge < -0.3 is 10.2 Å². The lowest BCUT2D eigenvalue weighted by Gasteiger charge is -2.19. The highest BCUT2D eigenvalue weighted by atomic mass is 28.3. The zero-order valence-corrected chi connectivity index (χ0v) is 12.7. The van der Waals surface area contributed by atoms with Crippen LogP contribution in [0.25, 0.3) is 6.08 Å². The Morgan fingerprint density at radius 3 is 2.41 bits per heavy atom. The highest BCUT2D eigenvalue weighted by molar-refractivity contribution is 6.87. The van der Waals surface area contributed by atoms with Crippen molar-refractivity contribution in [3.63, 3.8) is 0 Å². The van der Waals surface area contributed by atoms with Gasteiger partial charge in [0, 0.05) is 0 Å². The Kier molecular flexibility index (Phi) is 4.39. The summed E-state index contributed by atoms with van der Waals surface area (Å²) in [6.45, 7) is 11.9. The summed E-state index contributed by atoms with van der Waals surface area (Å²) < 4.78 is 5.84. The highest BCUT2D eigenvalue weighted by Crippen LogP contribution is 2.19. The second-order valence-electron chi connectivity index (χ2n) is 6.43. The largest absolute Gasteiger partial charge is 0.467 e. The second-order valence-corrected chi connectivity index (χ2v) is 11.4. The van der Waals surface area contributed by atoms with E-state index >= 15 is 0 Å². The summed E-state index contributed by atoms with van der Waals surface area (Å²) in [5.41, 5.74) is 5.87. The van der Waals surface area contributed by atoms with Crippen LogP contribution in [0.4, 0.5) is 0 Å². The van der Waals surface area contributed by atoms with Gasteiger partial charge in [-0.25, -0.2) is 0 Å². The first kappa shape index (κ1) is 14.3. The van der Waals surface area contributed by atoms with Crippen molar-refractivity contribution in [2.75, 3.05) is 6.54 Å². The molecule has 0 spiro atoms. The number of allylic oxidation sites excluding steroid dienone is 1. The second kappa shape index (κ2) is 5.23. The van der Waals surface area contributed by atoms with Gasteiger partial charge in [0.15, 0.2) is 0 Å². The van der Waals surface area contributed by atoms with Crippen LogP contribution >= 0.6 is 0 Å². The van der Waals surface area contributed by atoms with Crippen molar-refractivity contribution in [3.8, 4) is 0 Å². The monoisotopic (exact) mass is 251 g/mol. The smallest absolute Gasteiger partial charge is 0.126 e. The SMILES string of the molecule is CC(C)(CN)C/C=C/c1ccc([Si](C)(C)C)o1. The van der Waals surface area contributed by atoms with Gasteiger partial charge in [-0.1, -0.05) is 39.6 Å². The summed E-state index contributed by atoms with van der Waals surface area (Å²) in [4.78, 5) is 0. The first-order valence-corrected chi connectivity index (χ1v) is 9.71. The van der Waals surface area contributed by atoms with E-state index in [0.717, 1.165) is 17.6 Å². The molecule has 0 aromatic carbocycles. The van der Waals surface area contributed by atoms with Crippen LogP contribution in [0, 0.1) is 5.41 Å². The average molecular weight is 251 g/mol. The van der Waals surface area contributed by atoms with Gasteiger partial charge >= 0.3 is 0 Å². The van der Waals surface area contributed by atoms with E-state index in [-0.39, 0.29) is 5.41 Å². The van der Waals surface area contributed by atoms with Gasteiger partial charge in [0.25, 0.3) is 0 Å². The number of nitrogens with two attached hydrogens (primary N) is 1. The maximum atomic E-state index is 5.84. The number of furan rings is 1. The van der Waals surface area contributed by atoms with Crippen LogP contribution in [0.2, 0.25) is 19.6 Å². The summed E-state index contributed by atoms with van der Waals surface area (Å²) in [7, 11) is -1.32. The fraction of sp³-hybridized carbons (Fsp3) is 0.571. The summed E-state index contributed by atoms with van der Waals surface area (Å²) in [6, 6.07) is 4.17. The van der Waals surface area contributed by atoms with Crippen LogP contribution in [0.5, 0.6) is 0 Å². The molecule has 0 atom stereocenters. The van der Waals surface area contributed by atoms with Gasteiger partial charge in [0.05, 0.1) is 5.38 Å². The van der Waals surface area contributed by atoms with Gasteiger partial charge in [-0.3, -0.25) is 0 Å². The summed E-state index contributed by atoms with van der Waals surface area (Å²) in [5, 5.41) is 1.16. The molecule has 0 aliphatic heterocycles. The number of hydrogen-bond donors (Lipinski definition) is 1. The lowest BCUT2D eigenvalue weighted by Crippen LogP contribution is -2.36. The predicted octanol–water partition coefficient (Wildman–Crippen LogP) is 3.21. The molecule has 17 heavy (non-hydrogen) atoms. The maximum absolute atomic E-state index is 5.84. The predicted molar refractivity (Wildman–Crippen MR) is 78.2 cm³/mol. The summed E-state index contributed by atoms with van der Waals surface area (Å²) in [5.74, 6) is 0.954. The molecule has 0 aliphatic carbocycles. The van der Waals surface area contributed by atoms with E-state index in [1.54, 1.807) is 0 Å². The molecule has 0 radical (unpaired) electrons. The Hall–Kier alpha value is -0.803. The van der Waals surface area contributed by atoms with Gasteiger partial charge in [-0.2, -0.15) is 0 Å². The molecule has 1 aromatic rings. The first-order valence-electron chi connectivity index (χ1n) is 6.21. The van der Waals surface area contributed by atoms with Gasteiger partial charge in [0.1, 0.15) is 13.8 Å². The van der Waals surface area contributed by atoms with Crippen molar-refractivity contribution in [1.29, 1.82) is 0 Å². The molecule has 0 aliphatic rings. The standard InChI is InChI=1S/C14H25NOSi/c1-14(2,11-15)10-6-7-12-8-9-13(16-12)17(3,4)5/h6-9H,10-11,15H2,1-5H3/b7-6+. The third-order valence-electron chi connectivity index (χ3n) is 2.87. The Morgan fingerprint density at radius 1 is 1.29 bits per heavy atom. The van der Waals surface area contributed by atoms with Crippen molar-refractivity contribution >= 4 is 19.5 Å². The normalized spacial score (nSPS) is 13.5. The molecule has 0 fully saturated rings. The van der Waals surface area contributed by atoms with Crippen molar-refractivity contribution in [3.05, 3.63) is 24.0 Å². The van der Waals surface area contributed by atoms with E-state index in [1.807, 2.05) is 0 Å². The van der Waals surface area contributed by atoms with E-state index in [1.165, 1.54) is 0 Å².